The van der Waals surface area contributed by atoms with Gasteiger partial charge in [-0.1, -0.05) is 30.3 Å². The van der Waals surface area contributed by atoms with Crippen LogP contribution in [-0.4, -0.2) is 37.0 Å². The van der Waals surface area contributed by atoms with Crippen molar-refractivity contribution in [3.63, 3.8) is 0 Å². The molecule has 1 aliphatic heterocycles. The van der Waals surface area contributed by atoms with E-state index >= 15 is 0 Å². The van der Waals surface area contributed by atoms with Gasteiger partial charge in [-0.25, -0.2) is 4.79 Å². The van der Waals surface area contributed by atoms with Crippen LogP contribution in [0.2, 0.25) is 0 Å². The maximum Gasteiger partial charge on any atom is 0.407 e. The molecule has 5 heteroatoms. The third-order valence-corrected chi connectivity index (χ3v) is 3.21. The van der Waals surface area contributed by atoms with E-state index in [1.807, 2.05) is 18.2 Å². The molecular formula is C14H20N2O3. The van der Waals surface area contributed by atoms with Crippen LogP contribution in [0, 0.1) is 0 Å². The number of carbonyl (C=O) groups is 1. The van der Waals surface area contributed by atoms with Crippen LogP contribution in [-0.2, 0) is 4.74 Å². The second kappa shape index (κ2) is 7.11. The predicted octanol–water partition coefficient (Wildman–Crippen LogP) is 1.20. The van der Waals surface area contributed by atoms with Gasteiger partial charge in [-0.05, 0) is 18.5 Å². The van der Waals surface area contributed by atoms with Crippen molar-refractivity contribution in [1.82, 2.24) is 10.6 Å². The van der Waals surface area contributed by atoms with Gasteiger partial charge in [-0.2, -0.15) is 0 Å². The van der Waals surface area contributed by atoms with Crippen molar-refractivity contribution >= 4 is 6.09 Å². The first-order valence-electron chi connectivity index (χ1n) is 6.63. The van der Waals surface area contributed by atoms with Gasteiger partial charge < -0.3 is 20.5 Å². The average Bonchev–Trinajstić information content (AvgIpc) is 2.46. The van der Waals surface area contributed by atoms with Crippen molar-refractivity contribution in [3.8, 4) is 0 Å². The molecule has 5 nitrogen and oxygen atoms in total. The van der Waals surface area contributed by atoms with E-state index in [9.17, 15) is 4.79 Å². The molecule has 0 aliphatic carbocycles. The molecule has 1 saturated heterocycles. The lowest BCUT2D eigenvalue weighted by molar-refractivity contribution is 0.0675. The number of carbonyl (C=O) groups excluding carboxylic acids is 1. The molecule has 104 valence electrons. The number of rotatable bonds is 4. The van der Waals surface area contributed by atoms with Crippen molar-refractivity contribution in [1.29, 1.82) is 0 Å². The van der Waals surface area contributed by atoms with E-state index in [1.165, 1.54) is 5.56 Å². The molecule has 2 rings (SSSR count). The smallest absolute Gasteiger partial charge is 0.407 e. The molecule has 0 saturated carbocycles. The van der Waals surface area contributed by atoms with Crippen molar-refractivity contribution in [2.45, 2.75) is 25.0 Å². The molecule has 1 amide bonds. The number of piperidine rings is 1. The van der Waals surface area contributed by atoms with E-state index in [1.54, 1.807) is 0 Å². The summed E-state index contributed by atoms with van der Waals surface area (Å²) in [6.07, 6.45) is 1.06. The number of aliphatic hydroxyl groups is 1. The number of ether oxygens (including phenoxy) is 1. The van der Waals surface area contributed by atoms with Crippen LogP contribution >= 0.6 is 0 Å². The zero-order chi connectivity index (χ0) is 13.5. The van der Waals surface area contributed by atoms with Crippen LogP contribution < -0.4 is 10.6 Å². The molecule has 1 aromatic carbocycles. The molecule has 1 aromatic rings. The molecule has 3 N–H and O–H groups in total. The Morgan fingerprint density at radius 2 is 2.21 bits per heavy atom. The molecule has 19 heavy (non-hydrogen) atoms. The zero-order valence-electron chi connectivity index (χ0n) is 10.8. The van der Waals surface area contributed by atoms with Gasteiger partial charge in [0.2, 0.25) is 0 Å². The number of aliphatic hydroxyl groups excluding tert-OH is 1. The quantitative estimate of drug-likeness (QED) is 0.764. The van der Waals surface area contributed by atoms with Gasteiger partial charge in [0.1, 0.15) is 6.10 Å². The highest BCUT2D eigenvalue weighted by Crippen LogP contribution is 2.24. The van der Waals surface area contributed by atoms with Crippen molar-refractivity contribution in [2.24, 2.45) is 0 Å². The Morgan fingerprint density at radius 3 is 2.95 bits per heavy atom. The molecular weight excluding hydrogens is 244 g/mol. The Kier molecular flexibility index (Phi) is 5.18. The van der Waals surface area contributed by atoms with E-state index < -0.39 is 6.09 Å². The molecule has 0 radical (unpaired) electrons. The van der Waals surface area contributed by atoms with Crippen LogP contribution in [0.4, 0.5) is 4.79 Å². The highest BCUT2D eigenvalue weighted by atomic mass is 16.6. The lowest BCUT2D eigenvalue weighted by Crippen LogP contribution is -2.39. The summed E-state index contributed by atoms with van der Waals surface area (Å²) in [6, 6.07) is 10.4. The second-order valence-electron chi connectivity index (χ2n) is 4.62. The summed E-state index contributed by atoms with van der Waals surface area (Å²) in [5, 5.41) is 14.6. The van der Waals surface area contributed by atoms with E-state index in [-0.39, 0.29) is 25.3 Å². The van der Waals surface area contributed by atoms with Crippen LogP contribution in [0.3, 0.4) is 0 Å². The standard InChI is InChI=1S/C14H20N2O3/c17-9-8-16-14(18)19-12-6-7-15-13(10-12)11-4-2-1-3-5-11/h1-5,12-13,15,17H,6-10H2,(H,16,18). The first-order chi connectivity index (χ1) is 9.29. The predicted molar refractivity (Wildman–Crippen MR) is 71.8 cm³/mol. The SMILES string of the molecule is O=C(NCCO)OC1CCNC(c2ccccc2)C1. The van der Waals surface area contributed by atoms with E-state index in [2.05, 4.69) is 22.8 Å². The Labute approximate surface area is 113 Å². The summed E-state index contributed by atoms with van der Waals surface area (Å²) in [5.41, 5.74) is 1.21. The van der Waals surface area contributed by atoms with Crippen LogP contribution in [0.25, 0.3) is 0 Å². The average molecular weight is 264 g/mol. The van der Waals surface area contributed by atoms with Gasteiger partial charge in [0.15, 0.2) is 0 Å². The maximum absolute atomic E-state index is 11.4. The molecule has 2 unspecified atom stereocenters. The van der Waals surface area contributed by atoms with E-state index in [0.717, 1.165) is 19.4 Å². The molecule has 0 aromatic heterocycles. The minimum absolute atomic E-state index is 0.0754. The van der Waals surface area contributed by atoms with E-state index in [0.29, 0.717) is 0 Å². The highest BCUT2D eigenvalue weighted by Gasteiger charge is 2.25. The van der Waals surface area contributed by atoms with Crippen molar-refractivity contribution in [2.75, 3.05) is 19.7 Å². The summed E-state index contributed by atoms with van der Waals surface area (Å²) in [7, 11) is 0. The van der Waals surface area contributed by atoms with Gasteiger partial charge in [0, 0.05) is 19.0 Å². The van der Waals surface area contributed by atoms with Crippen LogP contribution in [0.5, 0.6) is 0 Å². The molecule has 0 spiro atoms. The fourth-order valence-corrected chi connectivity index (χ4v) is 2.28. The number of alkyl carbamates (subject to hydrolysis) is 1. The third-order valence-electron chi connectivity index (χ3n) is 3.21. The Morgan fingerprint density at radius 1 is 1.42 bits per heavy atom. The first kappa shape index (κ1) is 13.8. The monoisotopic (exact) mass is 264 g/mol. The summed E-state index contributed by atoms with van der Waals surface area (Å²) in [5.74, 6) is 0. The van der Waals surface area contributed by atoms with Gasteiger partial charge in [0.05, 0.1) is 6.61 Å². The highest BCUT2D eigenvalue weighted by molar-refractivity contribution is 5.67. The zero-order valence-corrected chi connectivity index (χ0v) is 10.8. The minimum Gasteiger partial charge on any atom is -0.446 e. The second-order valence-corrected chi connectivity index (χ2v) is 4.62. The molecule has 2 atom stereocenters. The lowest BCUT2D eigenvalue weighted by Gasteiger charge is -2.30. The summed E-state index contributed by atoms with van der Waals surface area (Å²) < 4.78 is 5.34. The van der Waals surface area contributed by atoms with Gasteiger partial charge in [0.25, 0.3) is 0 Å². The summed E-state index contributed by atoms with van der Waals surface area (Å²) >= 11 is 0. The normalized spacial score (nSPS) is 22.8. The Balaban J connectivity index is 1.85. The topological polar surface area (TPSA) is 70.6 Å². The molecule has 1 heterocycles. The summed E-state index contributed by atoms with van der Waals surface area (Å²) in [6.45, 7) is 0.984. The fourth-order valence-electron chi connectivity index (χ4n) is 2.28. The molecule has 1 aliphatic rings. The number of amides is 1. The molecule has 0 bridgehead atoms. The maximum atomic E-state index is 11.4. The lowest BCUT2D eigenvalue weighted by atomic mass is 9.95. The fraction of sp³-hybridized carbons (Fsp3) is 0.500. The van der Waals surface area contributed by atoms with Gasteiger partial charge in [-0.15, -0.1) is 0 Å². The molecule has 1 fully saturated rings. The number of hydrogen-bond donors (Lipinski definition) is 3. The van der Waals surface area contributed by atoms with E-state index in [4.69, 9.17) is 9.84 Å². The number of benzene rings is 1. The van der Waals surface area contributed by atoms with Crippen molar-refractivity contribution < 1.29 is 14.6 Å². The van der Waals surface area contributed by atoms with Crippen LogP contribution in [0.15, 0.2) is 30.3 Å². The van der Waals surface area contributed by atoms with Crippen molar-refractivity contribution in [3.05, 3.63) is 35.9 Å². The third kappa shape index (κ3) is 4.22. The van der Waals surface area contributed by atoms with Crippen LogP contribution in [0.1, 0.15) is 24.4 Å². The van der Waals surface area contributed by atoms with Gasteiger partial charge >= 0.3 is 6.09 Å². The van der Waals surface area contributed by atoms with Gasteiger partial charge in [-0.3, -0.25) is 0 Å². The Hall–Kier alpha value is -1.59. The number of hydrogen-bond acceptors (Lipinski definition) is 4. The summed E-state index contributed by atoms with van der Waals surface area (Å²) in [4.78, 5) is 11.4. The minimum atomic E-state index is -0.451. The Bertz CT molecular complexity index is 397. The largest absolute Gasteiger partial charge is 0.446 e. The number of nitrogens with one attached hydrogen (secondary N) is 2. The first-order valence-corrected chi connectivity index (χ1v) is 6.63.